The Morgan fingerprint density at radius 1 is 0.967 bits per heavy atom. The second kappa shape index (κ2) is 8.78. The standard InChI is InChI=1S/C25H34N4O/c1-24(21-9-5-3-6-10-21,27-22-11-7-4-8-12-22)23(30)26-19-25(13-14-25)20-29-17-15-28(2)16-18-29/h3-12,27H,13-20H2,1-2H3,(H,26,30). The topological polar surface area (TPSA) is 47.6 Å². The molecule has 2 fully saturated rings. The largest absolute Gasteiger partial charge is 0.368 e. The number of hydrogen-bond acceptors (Lipinski definition) is 4. The molecule has 2 aromatic rings. The van der Waals surface area contributed by atoms with Gasteiger partial charge in [-0.3, -0.25) is 4.79 Å². The lowest BCUT2D eigenvalue weighted by atomic mass is 9.90. The second-order valence-corrected chi connectivity index (χ2v) is 9.24. The van der Waals surface area contributed by atoms with Crippen LogP contribution in [-0.2, 0) is 10.3 Å². The van der Waals surface area contributed by atoms with Gasteiger partial charge in [0.2, 0.25) is 5.91 Å². The van der Waals surface area contributed by atoms with E-state index in [2.05, 4.69) is 27.5 Å². The highest BCUT2D eigenvalue weighted by Gasteiger charge is 2.45. The van der Waals surface area contributed by atoms with E-state index in [-0.39, 0.29) is 11.3 Å². The molecule has 4 rings (SSSR count). The number of piperazine rings is 1. The zero-order chi connectivity index (χ0) is 21.0. The Morgan fingerprint density at radius 3 is 2.17 bits per heavy atom. The second-order valence-electron chi connectivity index (χ2n) is 9.24. The van der Waals surface area contributed by atoms with Crippen LogP contribution in [0.1, 0.15) is 25.3 Å². The molecule has 5 heteroatoms. The molecule has 0 bridgehead atoms. The number of hydrogen-bond donors (Lipinski definition) is 2. The Bertz CT molecular complexity index is 829. The highest BCUT2D eigenvalue weighted by Crippen LogP contribution is 2.46. The van der Waals surface area contributed by atoms with Gasteiger partial charge >= 0.3 is 0 Å². The summed E-state index contributed by atoms with van der Waals surface area (Å²) in [7, 11) is 2.19. The molecule has 1 atom stereocenters. The van der Waals surface area contributed by atoms with Crippen LogP contribution in [-0.4, -0.2) is 62.0 Å². The third kappa shape index (κ3) is 4.85. The molecule has 1 aliphatic carbocycles. The summed E-state index contributed by atoms with van der Waals surface area (Å²) in [6.07, 6.45) is 2.40. The maximum absolute atomic E-state index is 13.5. The molecule has 5 nitrogen and oxygen atoms in total. The number of carbonyl (C=O) groups excluding carboxylic acids is 1. The summed E-state index contributed by atoms with van der Waals surface area (Å²) in [6.45, 7) is 8.34. The van der Waals surface area contributed by atoms with Crippen molar-refractivity contribution in [3.05, 3.63) is 66.2 Å². The first-order valence-electron chi connectivity index (χ1n) is 11.1. The first kappa shape index (κ1) is 20.9. The van der Waals surface area contributed by atoms with E-state index in [1.807, 2.05) is 67.6 Å². The molecular weight excluding hydrogens is 372 g/mol. The quantitative estimate of drug-likeness (QED) is 0.707. The van der Waals surface area contributed by atoms with E-state index in [0.717, 1.165) is 50.5 Å². The Labute approximate surface area is 180 Å². The molecule has 2 aliphatic rings. The lowest BCUT2D eigenvalue weighted by molar-refractivity contribution is -0.125. The van der Waals surface area contributed by atoms with Crippen molar-refractivity contribution in [3.8, 4) is 0 Å². The van der Waals surface area contributed by atoms with Crippen LogP contribution < -0.4 is 10.6 Å². The van der Waals surface area contributed by atoms with E-state index < -0.39 is 5.54 Å². The van der Waals surface area contributed by atoms with Crippen molar-refractivity contribution in [1.29, 1.82) is 0 Å². The normalized spacial score (nSPS) is 20.9. The van der Waals surface area contributed by atoms with Gasteiger partial charge in [-0.15, -0.1) is 0 Å². The van der Waals surface area contributed by atoms with Gasteiger partial charge in [-0.25, -0.2) is 0 Å². The molecule has 0 radical (unpaired) electrons. The zero-order valence-electron chi connectivity index (χ0n) is 18.2. The van der Waals surface area contributed by atoms with Gasteiger partial charge in [-0.2, -0.15) is 0 Å². The van der Waals surface area contributed by atoms with Gasteiger partial charge < -0.3 is 20.4 Å². The molecule has 1 saturated carbocycles. The molecule has 1 aliphatic heterocycles. The van der Waals surface area contributed by atoms with E-state index in [4.69, 9.17) is 0 Å². The molecule has 0 aromatic heterocycles. The van der Waals surface area contributed by atoms with Crippen LogP contribution in [0, 0.1) is 5.41 Å². The summed E-state index contributed by atoms with van der Waals surface area (Å²) in [5, 5.41) is 6.79. The van der Waals surface area contributed by atoms with Crippen molar-refractivity contribution in [3.63, 3.8) is 0 Å². The van der Waals surface area contributed by atoms with Crippen LogP contribution in [0.25, 0.3) is 0 Å². The number of carbonyl (C=O) groups is 1. The van der Waals surface area contributed by atoms with Gasteiger partial charge in [0.15, 0.2) is 0 Å². The fourth-order valence-corrected chi connectivity index (χ4v) is 4.33. The SMILES string of the molecule is CN1CCN(CC2(CNC(=O)C(C)(Nc3ccccc3)c3ccccc3)CC2)CC1. The monoisotopic (exact) mass is 406 g/mol. The molecule has 1 heterocycles. The molecule has 1 saturated heterocycles. The Balaban J connectivity index is 1.43. The van der Waals surface area contributed by atoms with Crippen molar-refractivity contribution in [2.75, 3.05) is 51.6 Å². The van der Waals surface area contributed by atoms with E-state index >= 15 is 0 Å². The summed E-state index contributed by atoms with van der Waals surface area (Å²) >= 11 is 0. The fourth-order valence-electron chi connectivity index (χ4n) is 4.33. The number of rotatable bonds is 8. The number of likely N-dealkylation sites (N-methyl/N-ethyl adjacent to an activating group) is 1. The van der Waals surface area contributed by atoms with Gasteiger partial charge in [-0.1, -0.05) is 48.5 Å². The molecule has 2 N–H and O–H groups in total. The van der Waals surface area contributed by atoms with Gasteiger partial charge in [0.1, 0.15) is 5.54 Å². The Morgan fingerprint density at radius 2 is 1.57 bits per heavy atom. The maximum atomic E-state index is 13.5. The number of amides is 1. The predicted octanol–water partition coefficient (Wildman–Crippen LogP) is 3.16. The van der Waals surface area contributed by atoms with Gasteiger partial charge in [0.05, 0.1) is 0 Å². The smallest absolute Gasteiger partial charge is 0.250 e. The molecule has 1 unspecified atom stereocenters. The van der Waals surface area contributed by atoms with Gasteiger partial charge in [-0.05, 0) is 44.5 Å². The van der Waals surface area contributed by atoms with Crippen LogP contribution >= 0.6 is 0 Å². The Hall–Kier alpha value is -2.37. The van der Waals surface area contributed by atoms with Crippen molar-refractivity contribution in [2.45, 2.75) is 25.3 Å². The predicted molar refractivity (Wildman–Crippen MR) is 122 cm³/mol. The molecule has 2 aromatic carbocycles. The number of nitrogens with zero attached hydrogens (tertiary/aromatic N) is 2. The summed E-state index contributed by atoms with van der Waals surface area (Å²) in [5.74, 6) is 0.0298. The van der Waals surface area contributed by atoms with Crippen molar-refractivity contribution in [2.24, 2.45) is 5.41 Å². The maximum Gasteiger partial charge on any atom is 0.250 e. The minimum absolute atomic E-state index is 0.0298. The number of anilines is 1. The highest BCUT2D eigenvalue weighted by atomic mass is 16.2. The van der Waals surface area contributed by atoms with E-state index in [1.165, 1.54) is 12.8 Å². The van der Waals surface area contributed by atoms with Crippen LogP contribution in [0.3, 0.4) is 0 Å². The molecule has 1 amide bonds. The Kier molecular flexibility index (Phi) is 6.11. The first-order valence-corrected chi connectivity index (χ1v) is 11.1. The molecule has 30 heavy (non-hydrogen) atoms. The van der Waals surface area contributed by atoms with E-state index in [0.29, 0.717) is 0 Å². The summed E-state index contributed by atoms with van der Waals surface area (Å²) in [4.78, 5) is 18.4. The number of para-hydroxylation sites is 1. The molecule has 160 valence electrons. The van der Waals surface area contributed by atoms with E-state index in [9.17, 15) is 4.79 Å². The average Bonchev–Trinajstić information content (AvgIpc) is 3.54. The third-order valence-corrected chi connectivity index (χ3v) is 6.71. The lowest BCUT2D eigenvalue weighted by Gasteiger charge is -2.36. The van der Waals surface area contributed by atoms with Crippen molar-refractivity contribution >= 4 is 11.6 Å². The minimum Gasteiger partial charge on any atom is -0.368 e. The third-order valence-electron chi connectivity index (χ3n) is 6.71. The first-order chi connectivity index (χ1) is 14.5. The minimum atomic E-state index is -0.827. The van der Waals surface area contributed by atoms with Crippen LogP contribution in [0.15, 0.2) is 60.7 Å². The highest BCUT2D eigenvalue weighted by molar-refractivity contribution is 5.90. The summed E-state index contributed by atoms with van der Waals surface area (Å²) < 4.78 is 0. The summed E-state index contributed by atoms with van der Waals surface area (Å²) in [5.41, 5.74) is 1.33. The van der Waals surface area contributed by atoms with Crippen LogP contribution in [0.5, 0.6) is 0 Å². The number of benzene rings is 2. The number of nitrogens with one attached hydrogen (secondary N) is 2. The van der Waals surface area contributed by atoms with Gasteiger partial charge in [0, 0.05) is 50.4 Å². The lowest BCUT2D eigenvalue weighted by Crippen LogP contribution is -2.51. The average molecular weight is 407 g/mol. The van der Waals surface area contributed by atoms with Crippen LogP contribution in [0.4, 0.5) is 5.69 Å². The van der Waals surface area contributed by atoms with Crippen molar-refractivity contribution in [1.82, 2.24) is 15.1 Å². The van der Waals surface area contributed by atoms with Crippen LogP contribution in [0.2, 0.25) is 0 Å². The van der Waals surface area contributed by atoms with E-state index in [1.54, 1.807) is 0 Å². The van der Waals surface area contributed by atoms with Gasteiger partial charge in [0.25, 0.3) is 0 Å². The van der Waals surface area contributed by atoms with Crippen molar-refractivity contribution < 1.29 is 4.79 Å². The summed E-state index contributed by atoms with van der Waals surface area (Å²) in [6, 6.07) is 20.0. The molecule has 0 spiro atoms. The fraction of sp³-hybridized carbons (Fsp3) is 0.480. The molecular formula is C25H34N4O. The zero-order valence-corrected chi connectivity index (χ0v) is 18.2.